The van der Waals surface area contributed by atoms with Gasteiger partial charge < -0.3 is 5.11 Å². The van der Waals surface area contributed by atoms with E-state index in [1.54, 1.807) is 43.3 Å². The van der Waals surface area contributed by atoms with Crippen molar-refractivity contribution in [2.75, 3.05) is 0 Å². The van der Waals surface area contributed by atoms with E-state index in [9.17, 15) is 15.2 Å². The highest BCUT2D eigenvalue weighted by Gasteiger charge is 2.05. The summed E-state index contributed by atoms with van der Waals surface area (Å²) in [5.74, 6) is 0.129. The largest absolute Gasteiger partial charge is 0.507 e. The Labute approximate surface area is 121 Å². The predicted molar refractivity (Wildman–Crippen MR) is 81.0 cm³/mol. The highest BCUT2D eigenvalue weighted by Crippen LogP contribution is 2.14. The number of non-ortho nitro benzene ring substituents is 1. The molecule has 0 aromatic heterocycles. The molecular weight excluding hydrogens is 270 g/mol. The van der Waals surface area contributed by atoms with Gasteiger partial charge in [-0.3, -0.25) is 10.1 Å². The second-order valence-electron chi connectivity index (χ2n) is 4.29. The summed E-state index contributed by atoms with van der Waals surface area (Å²) < 4.78 is 0. The summed E-state index contributed by atoms with van der Waals surface area (Å²) in [4.78, 5) is 10.1. The van der Waals surface area contributed by atoms with E-state index in [1.165, 1.54) is 18.3 Å². The van der Waals surface area contributed by atoms with Gasteiger partial charge in [0.2, 0.25) is 0 Å². The fourth-order valence-electron chi connectivity index (χ4n) is 1.66. The van der Waals surface area contributed by atoms with Crippen molar-refractivity contribution in [2.24, 2.45) is 10.2 Å². The first-order valence-electron chi connectivity index (χ1n) is 6.18. The molecule has 6 nitrogen and oxygen atoms in total. The number of aromatic hydroxyl groups is 1. The molecule has 0 bridgehead atoms. The Morgan fingerprint density at radius 1 is 1.19 bits per heavy atom. The number of rotatable bonds is 4. The molecule has 0 saturated carbocycles. The monoisotopic (exact) mass is 283 g/mol. The van der Waals surface area contributed by atoms with Crippen LogP contribution in [-0.4, -0.2) is 22.0 Å². The number of phenols is 1. The van der Waals surface area contributed by atoms with Crippen LogP contribution in [0.4, 0.5) is 5.69 Å². The van der Waals surface area contributed by atoms with Crippen LogP contribution in [0.3, 0.4) is 0 Å². The van der Waals surface area contributed by atoms with Gasteiger partial charge in [0.15, 0.2) is 0 Å². The van der Waals surface area contributed by atoms with Gasteiger partial charge in [0.05, 0.1) is 16.8 Å². The summed E-state index contributed by atoms with van der Waals surface area (Å²) in [5, 5.41) is 28.1. The van der Waals surface area contributed by atoms with E-state index in [4.69, 9.17) is 0 Å². The van der Waals surface area contributed by atoms with Crippen molar-refractivity contribution in [3.05, 3.63) is 69.8 Å². The van der Waals surface area contributed by atoms with Crippen LogP contribution in [0.25, 0.3) is 0 Å². The topological polar surface area (TPSA) is 88.1 Å². The van der Waals surface area contributed by atoms with Crippen LogP contribution in [0.1, 0.15) is 18.1 Å². The zero-order chi connectivity index (χ0) is 15.2. The van der Waals surface area contributed by atoms with Crippen LogP contribution < -0.4 is 0 Å². The van der Waals surface area contributed by atoms with E-state index in [2.05, 4.69) is 10.2 Å². The maximum atomic E-state index is 10.6. The minimum absolute atomic E-state index is 0.0317. The van der Waals surface area contributed by atoms with E-state index in [-0.39, 0.29) is 11.4 Å². The average Bonchev–Trinajstić information content (AvgIpc) is 2.49. The van der Waals surface area contributed by atoms with Gasteiger partial charge in [0, 0.05) is 17.7 Å². The lowest BCUT2D eigenvalue weighted by atomic mass is 10.1. The molecule has 106 valence electrons. The molecule has 2 rings (SSSR count). The highest BCUT2D eigenvalue weighted by atomic mass is 16.6. The van der Waals surface area contributed by atoms with Crippen molar-refractivity contribution in [3.63, 3.8) is 0 Å². The molecule has 2 aromatic carbocycles. The Bertz CT molecular complexity index is 706. The van der Waals surface area contributed by atoms with Crippen LogP contribution in [0.5, 0.6) is 5.75 Å². The first-order valence-corrected chi connectivity index (χ1v) is 6.18. The standard InChI is InChI=1S/C15H13N3O3/c1-11(12-6-8-14(9-7-12)18(20)21)17-16-10-13-4-2-3-5-15(13)19/h2-10,19H,1H3. The molecule has 0 fully saturated rings. The fourth-order valence-corrected chi connectivity index (χ4v) is 1.66. The van der Waals surface area contributed by atoms with E-state index in [0.29, 0.717) is 11.3 Å². The highest BCUT2D eigenvalue weighted by molar-refractivity contribution is 5.99. The quantitative estimate of drug-likeness (QED) is 0.531. The van der Waals surface area contributed by atoms with Gasteiger partial charge in [-0.15, -0.1) is 0 Å². The minimum Gasteiger partial charge on any atom is -0.507 e. The van der Waals surface area contributed by atoms with Gasteiger partial charge in [-0.05, 0) is 36.8 Å². The molecule has 6 heteroatoms. The summed E-state index contributed by atoms with van der Waals surface area (Å²) in [5.41, 5.74) is 1.97. The van der Waals surface area contributed by atoms with Crippen molar-refractivity contribution >= 4 is 17.6 Å². The number of benzene rings is 2. The van der Waals surface area contributed by atoms with Crippen molar-refractivity contribution in [1.82, 2.24) is 0 Å². The van der Waals surface area contributed by atoms with E-state index in [0.717, 1.165) is 5.56 Å². The third kappa shape index (κ3) is 3.73. The molecule has 0 radical (unpaired) electrons. The summed E-state index contributed by atoms with van der Waals surface area (Å²) in [7, 11) is 0. The lowest BCUT2D eigenvalue weighted by Gasteiger charge is -1.98. The van der Waals surface area contributed by atoms with Gasteiger partial charge in [-0.2, -0.15) is 10.2 Å². The first kappa shape index (κ1) is 14.4. The molecule has 2 aromatic rings. The number of hydrogen-bond donors (Lipinski definition) is 1. The Hall–Kier alpha value is -3.02. The van der Waals surface area contributed by atoms with Crippen molar-refractivity contribution in [3.8, 4) is 5.75 Å². The van der Waals surface area contributed by atoms with E-state index in [1.807, 2.05) is 0 Å². The molecule has 0 aliphatic carbocycles. The van der Waals surface area contributed by atoms with E-state index >= 15 is 0 Å². The molecule has 0 spiro atoms. The van der Waals surface area contributed by atoms with Gasteiger partial charge in [-0.25, -0.2) is 0 Å². The van der Waals surface area contributed by atoms with Crippen LogP contribution in [-0.2, 0) is 0 Å². The third-order valence-corrected chi connectivity index (χ3v) is 2.84. The maximum Gasteiger partial charge on any atom is 0.269 e. The van der Waals surface area contributed by atoms with Gasteiger partial charge in [-0.1, -0.05) is 12.1 Å². The SMILES string of the molecule is CC(=NN=Cc1ccccc1O)c1ccc([N+](=O)[O-])cc1. The summed E-state index contributed by atoms with van der Waals surface area (Å²) in [6.07, 6.45) is 1.45. The fraction of sp³-hybridized carbons (Fsp3) is 0.0667. The molecule has 0 amide bonds. The van der Waals surface area contributed by atoms with Crippen LogP contribution in [0, 0.1) is 10.1 Å². The van der Waals surface area contributed by atoms with E-state index < -0.39 is 4.92 Å². The minimum atomic E-state index is -0.452. The Morgan fingerprint density at radius 2 is 1.86 bits per heavy atom. The second-order valence-corrected chi connectivity index (χ2v) is 4.29. The zero-order valence-electron chi connectivity index (χ0n) is 11.3. The van der Waals surface area contributed by atoms with Crippen molar-refractivity contribution in [2.45, 2.75) is 6.92 Å². The van der Waals surface area contributed by atoms with Gasteiger partial charge >= 0.3 is 0 Å². The summed E-state index contributed by atoms with van der Waals surface area (Å²) in [6, 6.07) is 12.9. The molecular formula is C15H13N3O3. The van der Waals surface area contributed by atoms with Gasteiger partial charge in [0.1, 0.15) is 5.75 Å². The van der Waals surface area contributed by atoms with Crippen molar-refractivity contribution < 1.29 is 10.0 Å². The number of phenolic OH excluding ortho intramolecular Hbond substituents is 1. The average molecular weight is 283 g/mol. The molecule has 21 heavy (non-hydrogen) atoms. The molecule has 0 atom stereocenters. The molecule has 0 heterocycles. The lowest BCUT2D eigenvalue weighted by molar-refractivity contribution is -0.384. The number of nitro benzene ring substituents is 1. The van der Waals surface area contributed by atoms with Crippen LogP contribution >= 0.6 is 0 Å². The predicted octanol–water partition coefficient (Wildman–Crippen LogP) is 3.14. The smallest absolute Gasteiger partial charge is 0.269 e. The van der Waals surface area contributed by atoms with Crippen LogP contribution in [0.2, 0.25) is 0 Å². The number of para-hydroxylation sites is 1. The Kier molecular flexibility index (Phi) is 4.40. The Balaban J connectivity index is 2.14. The number of hydrogen-bond acceptors (Lipinski definition) is 5. The number of nitro groups is 1. The number of nitrogens with zero attached hydrogens (tertiary/aromatic N) is 3. The second kappa shape index (κ2) is 6.42. The zero-order valence-corrected chi connectivity index (χ0v) is 11.3. The first-order chi connectivity index (χ1) is 10.1. The summed E-state index contributed by atoms with van der Waals surface area (Å²) in [6.45, 7) is 1.75. The summed E-state index contributed by atoms with van der Waals surface area (Å²) >= 11 is 0. The Morgan fingerprint density at radius 3 is 2.48 bits per heavy atom. The molecule has 1 N–H and O–H groups in total. The molecule has 0 unspecified atom stereocenters. The van der Waals surface area contributed by atoms with Gasteiger partial charge in [0.25, 0.3) is 5.69 Å². The lowest BCUT2D eigenvalue weighted by Crippen LogP contribution is -1.95. The third-order valence-electron chi connectivity index (χ3n) is 2.84. The molecule has 0 aliphatic rings. The van der Waals surface area contributed by atoms with Crippen molar-refractivity contribution in [1.29, 1.82) is 0 Å². The van der Waals surface area contributed by atoms with Crippen LogP contribution in [0.15, 0.2) is 58.7 Å². The normalized spacial score (nSPS) is 11.8. The maximum absolute atomic E-state index is 10.6. The molecule has 0 saturated heterocycles. The molecule has 0 aliphatic heterocycles.